The Morgan fingerprint density at radius 1 is 1.16 bits per heavy atom. The molecule has 2 atom stereocenters. The van der Waals surface area contributed by atoms with Crippen molar-refractivity contribution in [3.05, 3.63) is 29.8 Å². The SMILES string of the molecule is O=C(CC1CC2CCC(C1)N2)Nc1ccccc1CN1CCOCC1. The van der Waals surface area contributed by atoms with E-state index in [-0.39, 0.29) is 5.91 Å². The maximum absolute atomic E-state index is 12.6. The fraction of sp³-hybridized carbons (Fsp3) is 0.650. The number of carbonyl (C=O) groups excluding carboxylic acids is 1. The van der Waals surface area contributed by atoms with E-state index in [0.717, 1.165) is 51.4 Å². The molecule has 1 amide bonds. The topological polar surface area (TPSA) is 53.6 Å². The zero-order valence-electron chi connectivity index (χ0n) is 14.9. The molecule has 3 heterocycles. The van der Waals surface area contributed by atoms with Crippen molar-refractivity contribution >= 4 is 11.6 Å². The third kappa shape index (κ3) is 4.40. The standard InChI is InChI=1S/C20H29N3O2/c24-20(13-15-11-17-5-6-18(12-15)21-17)22-19-4-2-1-3-16(19)14-23-7-9-25-10-8-23/h1-4,15,17-18,21H,5-14H2,(H,22,24). The molecule has 0 saturated carbocycles. The number of fused-ring (bicyclic) bond motifs is 2. The summed E-state index contributed by atoms with van der Waals surface area (Å²) in [4.78, 5) is 15.0. The lowest BCUT2D eigenvalue weighted by molar-refractivity contribution is -0.117. The molecule has 3 aliphatic rings. The van der Waals surface area contributed by atoms with Gasteiger partial charge >= 0.3 is 0 Å². The third-order valence-corrected chi connectivity index (χ3v) is 5.83. The first-order valence-corrected chi connectivity index (χ1v) is 9.70. The van der Waals surface area contributed by atoms with E-state index < -0.39 is 0 Å². The van der Waals surface area contributed by atoms with Gasteiger partial charge in [0.25, 0.3) is 0 Å². The van der Waals surface area contributed by atoms with Crippen molar-refractivity contribution in [3.63, 3.8) is 0 Å². The molecule has 4 rings (SSSR count). The summed E-state index contributed by atoms with van der Waals surface area (Å²) in [6, 6.07) is 9.49. The molecule has 5 heteroatoms. The number of hydrogen-bond acceptors (Lipinski definition) is 4. The van der Waals surface area contributed by atoms with Crippen LogP contribution in [-0.2, 0) is 16.1 Å². The maximum atomic E-state index is 12.6. The first kappa shape index (κ1) is 17.0. The molecule has 5 nitrogen and oxygen atoms in total. The number of morpholine rings is 1. The van der Waals surface area contributed by atoms with Gasteiger partial charge < -0.3 is 15.4 Å². The van der Waals surface area contributed by atoms with Crippen LogP contribution in [0.25, 0.3) is 0 Å². The minimum Gasteiger partial charge on any atom is -0.379 e. The zero-order chi connectivity index (χ0) is 17.1. The molecule has 3 fully saturated rings. The average molecular weight is 343 g/mol. The lowest BCUT2D eigenvalue weighted by Crippen LogP contribution is -2.39. The van der Waals surface area contributed by atoms with Gasteiger partial charge in [0.15, 0.2) is 0 Å². The molecule has 3 aliphatic heterocycles. The van der Waals surface area contributed by atoms with E-state index >= 15 is 0 Å². The zero-order valence-corrected chi connectivity index (χ0v) is 14.9. The largest absolute Gasteiger partial charge is 0.379 e. The molecule has 3 saturated heterocycles. The van der Waals surface area contributed by atoms with Crippen molar-refractivity contribution in [3.8, 4) is 0 Å². The number of nitrogens with zero attached hydrogens (tertiary/aromatic N) is 1. The molecule has 2 bridgehead atoms. The Balaban J connectivity index is 1.34. The Labute approximate surface area is 150 Å². The molecule has 0 aliphatic carbocycles. The Kier molecular flexibility index (Phi) is 5.34. The van der Waals surface area contributed by atoms with Crippen molar-refractivity contribution in [1.82, 2.24) is 10.2 Å². The van der Waals surface area contributed by atoms with E-state index in [1.54, 1.807) is 0 Å². The molecule has 0 radical (unpaired) electrons. The number of piperidine rings is 1. The van der Waals surface area contributed by atoms with Crippen molar-refractivity contribution in [2.24, 2.45) is 5.92 Å². The number of anilines is 1. The van der Waals surface area contributed by atoms with Crippen LogP contribution < -0.4 is 10.6 Å². The molecular weight excluding hydrogens is 314 g/mol. The van der Waals surface area contributed by atoms with E-state index in [0.29, 0.717) is 24.4 Å². The van der Waals surface area contributed by atoms with Gasteiger partial charge in [-0.25, -0.2) is 0 Å². The van der Waals surface area contributed by atoms with Crippen LogP contribution in [0.1, 0.15) is 37.7 Å². The number of hydrogen-bond donors (Lipinski definition) is 2. The van der Waals surface area contributed by atoms with Crippen LogP contribution in [0.3, 0.4) is 0 Å². The van der Waals surface area contributed by atoms with Gasteiger partial charge in [0.2, 0.25) is 5.91 Å². The smallest absolute Gasteiger partial charge is 0.224 e. The van der Waals surface area contributed by atoms with Crippen LogP contribution >= 0.6 is 0 Å². The highest BCUT2D eigenvalue weighted by molar-refractivity contribution is 5.91. The summed E-state index contributed by atoms with van der Waals surface area (Å²) in [5.74, 6) is 0.700. The second-order valence-corrected chi connectivity index (χ2v) is 7.77. The molecule has 2 N–H and O–H groups in total. The summed E-state index contributed by atoms with van der Waals surface area (Å²) >= 11 is 0. The highest BCUT2D eigenvalue weighted by Crippen LogP contribution is 2.33. The molecule has 1 aromatic rings. The van der Waals surface area contributed by atoms with Gasteiger partial charge in [-0.3, -0.25) is 9.69 Å². The molecule has 136 valence electrons. The highest BCUT2D eigenvalue weighted by atomic mass is 16.5. The molecule has 0 aromatic heterocycles. The lowest BCUT2D eigenvalue weighted by Gasteiger charge is -2.29. The van der Waals surface area contributed by atoms with E-state index in [1.165, 1.54) is 18.4 Å². The number of rotatable bonds is 5. The van der Waals surface area contributed by atoms with Gasteiger partial charge in [-0.05, 0) is 43.2 Å². The third-order valence-electron chi connectivity index (χ3n) is 5.83. The minimum atomic E-state index is 0.167. The van der Waals surface area contributed by atoms with Gasteiger partial charge in [-0.15, -0.1) is 0 Å². The monoisotopic (exact) mass is 343 g/mol. The number of benzene rings is 1. The summed E-state index contributed by atoms with van der Waals surface area (Å²) in [5, 5.41) is 6.83. The number of para-hydroxylation sites is 1. The first-order chi connectivity index (χ1) is 12.3. The molecule has 1 aromatic carbocycles. The predicted octanol–water partition coefficient (Wildman–Crippen LogP) is 2.38. The molecular formula is C20H29N3O2. The van der Waals surface area contributed by atoms with Gasteiger partial charge in [-0.2, -0.15) is 0 Å². The number of ether oxygens (including phenoxy) is 1. The van der Waals surface area contributed by atoms with Crippen molar-refractivity contribution in [2.45, 2.75) is 50.7 Å². The summed E-state index contributed by atoms with van der Waals surface area (Å²) in [7, 11) is 0. The fourth-order valence-corrected chi connectivity index (χ4v) is 4.59. The van der Waals surface area contributed by atoms with Crippen LogP contribution in [0.5, 0.6) is 0 Å². The Hall–Kier alpha value is -1.43. The fourth-order valence-electron chi connectivity index (χ4n) is 4.59. The number of carbonyl (C=O) groups is 1. The summed E-state index contributed by atoms with van der Waals surface area (Å²) in [5.41, 5.74) is 2.17. The van der Waals surface area contributed by atoms with Crippen LogP contribution in [0.4, 0.5) is 5.69 Å². The molecule has 2 unspecified atom stereocenters. The average Bonchev–Trinajstić information content (AvgIpc) is 2.96. The lowest BCUT2D eigenvalue weighted by atomic mass is 9.89. The first-order valence-electron chi connectivity index (χ1n) is 9.70. The highest BCUT2D eigenvalue weighted by Gasteiger charge is 2.34. The second kappa shape index (κ2) is 7.85. The Morgan fingerprint density at radius 2 is 1.88 bits per heavy atom. The Bertz CT molecular complexity index is 588. The summed E-state index contributed by atoms with van der Waals surface area (Å²) in [6.07, 6.45) is 5.52. The van der Waals surface area contributed by atoms with Crippen molar-refractivity contribution < 1.29 is 9.53 Å². The summed E-state index contributed by atoms with van der Waals surface area (Å²) < 4.78 is 5.42. The van der Waals surface area contributed by atoms with Crippen molar-refractivity contribution in [1.29, 1.82) is 0 Å². The minimum absolute atomic E-state index is 0.167. The van der Waals surface area contributed by atoms with E-state index in [4.69, 9.17) is 4.74 Å². The quantitative estimate of drug-likeness (QED) is 0.862. The van der Waals surface area contributed by atoms with Gasteiger partial charge in [0.1, 0.15) is 0 Å². The van der Waals surface area contributed by atoms with Crippen LogP contribution in [0, 0.1) is 5.92 Å². The van der Waals surface area contributed by atoms with Crippen LogP contribution in [-0.4, -0.2) is 49.2 Å². The van der Waals surface area contributed by atoms with Gasteiger partial charge in [0, 0.05) is 43.8 Å². The maximum Gasteiger partial charge on any atom is 0.224 e. The number of amides is 1. The van der Waals surface area contributed by atoms with Gasteiger partial charge in [0.05, 0.1) is 13.2 Å². The van der Waals surface area contributed by atoms with Crippen LogP contribution in [0.15, 0.2) is 24.3 Å². The van der Waals surface area contributed by atoms with E-state index in [2.05, 4.69) is 27.7 Å². The molecule has 25 heavy (non-hydrogen) atoms. The van der Waals surface area contributed by atoms with E-state index in [1.807, 2.05) is 12.1 Å². The van der Waals surface area contributed by atoms with Crippen molar-refractivity contribution in [2.75, 3.05) is 31.6 Å². The van der Waals surface area contributed by atoms with E-state index in [9.17, 15) is 4.79 Å². The van der Waals surface area contributed by atoms with Gasteiger partial charge in [-0.1, -0.05) is 18.2 Å². The second-order valence-electron chi connectivity index (χ2n) is 7.77. The predicted molar refractivity (Wildman–Crippen MR) is 98.5 cm³/mol. The molecule has 0 spiro atoms. The summed E-state index contributed by atoms with van der Waals surface area (Å²) in [6.45, 7) is 4.39. The van der Waals surface area contributed by atoms with Crippen LogP contribution in [0.2, 0.25) is 0 Å². The Morgan fingerprint density at radius 3 is 2.64 bits per heavy atom. The number of nitrogens with one attached hydrogen (secondary N) is 2. The normalized spacial score (nSPS) is 29.5.